The molecule has 1 fully saturated rings. The van der Waals surface area contributed by atoms with Gasteiger partial charge >= 0.3 is 0 Å². The third kappa shape index (κ3) is 3.14. The van der Waals surface area contributed by atoms with E-state index in [4.69, 9.17) is 5.73 Å². The largest absolute Gasteiger partial charge is 0.329 e. The lowest BCUT2D eigenvalue weighted by Crippen LogP contribution is -2.52. The Hall–Kier alpha value is -0.970. The summed E-state index contributed by atoms with van der Waals surface area (Å²) in [5, 5.41) is 0. The summed E-state index contributed by atoms with van der Waals surface area (Å²) in [4.78, 5) is 4.73. The van der Waals surface area contributed by atoms with Crippen LogP contribution in [0.3, 0.4) is 0 Å². The molecule has 2 rings (SSSR count). The first kappa shape index (κ1) is 14.4. The predicted molar refractivity (Wildman–Crippen MR) is 76.6 cm³/mol. The van der Waals surface area contributed by atoms with Crippen LogP contribution < -0.4 is 5.73 Å². The van der Waals surface area contributed by atoms with Crippen LogP contribution >= 0.6 is 0 Å². The summed E-state index contributed by atoms with van der Waals surface area (Å²) in [6.07, 6.45) is 0. The molecule has 19 heavy (non-hydrogen) atoms. The van der Waals surface area contributed by atoms with Crippen LogP contribution in [0.25, 0.3) is 0 Å². The lowest BCUT2D eigenvalue weighted by Gasteiger charge is -2.42. The summed E-state index contributed by atoms with van der Waals surface area (Å²) in [5.41, 5.74) is 8.10. The maximum absolute atomic E-state index is 13.5. The van der Waals surface area contributed by atoms with E-state index in [1.54, 1.807) is 6.07 Å². The van der Waals surface area contributed by atoms with Crippen LogP contribution in [-0.2, 0) is 0 Å². The molecule has 2 unspecified atom stereocenters. The van der Waals surface area contributed by atoms with E-state index in [0.29, 0.717) is 12.6 Å². The van der Waals surface area contributed by atoms with Gasteiger partial charge in [0.2, 0.25) is 0 Å². The Morgan fingerprint density at radius 2 is 2.16 bits per heavy atom. The molecule has 0 bridgehead atoms. The molecule has 1 aromatic carbocycles. The zero-order valence-electron chi connectivity index (χ0n) is 12.1. The molecule has 0 saturated carbocycles. The summed E-state index contributed by atoms with van der Waals surface area (Å²) >= 11 is 0. The Morgan fingerprint density at radius 3 is 2.79 bits per heavy atom. The molecule has 1 saturated heterocycles. The number of benzene rings is 1. The third-order valence-corrected chi connectivity index (χ3v) is 4.26. The van der Waals surface area contributed by atoms with Gasteiger partial charge in [-0.1, -0.05) is 6.07 Å². The van der Waals surface area contributed by atoms with E-state index in [2.05, 4.69) is 23.8 Å². The summed E-state index contributed by atoms with van der Waals surface area (Å²) < 4.78 is 13.5. The van der Waals surface area contributed by atoms with Crippen LogP contribution in [0.2, 0.25) is 0 Å². The molecule has 0 spiro atoms. The third-order valence-electron chi connectivity index (χ3n) is 4.26. The van der Waals surface area contributed by atoms with E-state index in [-0.39, 0.29) is 11.9 Å². The topological polar surface area (TPSA) is 32.5 Å². The minimum absolute atomic E-state index is 0.117. The number of piperazine rings is 1. The minimum atomic E-state index is -0.179. The quantitative estimate of drug-likeness (QED) is 0.904. The number of halogens is 1. The first-order valence-corrected chi connectivity index (χ1v) is 6.93. The number of likely N-dealkylation sites (N-methyl/N-ethyl adjacent to an activating group) is 1. The Bertz CT molecular complexity index is 435. The van der Waals surface area contributed by atoms with Crippen LogP contribution in [0.5, 0.6) is 0 Å². The molecule has 0 aliphatic carbocycles. The molecule has 0 amide bonds. The lowest BCUT2D eigenvalue weighted by atomic mass is 9.98. The van der Waals surface area contributed by atoms with Crippen molar-refractivity contribution in [2.75, 3.05) is 33.2 Å². The summed E-state index contributed by atoms with van der Waals surface area (Å²) in [7, 11) is 2.15. The Labute approximate surface area is 115 Å². The second kappa shape index (κ2) is 5.99. The highest BCUT2D eigenvalue weighted by Gasteiger charge is 2.27. The fourth-order valence-electron chi connectivity index (χ4n) is 2.80. The van der Waals surface area contributed by atoms with Crippen molar-refractivity contribution in [3.63, 3.8) is 0 Å². The van der Waals surface area contributed by atoms with Gasteiger partial charge in [0.1, 0.15) is 5.82 Å². The van der Waals surface area contributed by atoms with Crippen molar-refractivity contribution in [1.29, 1.82) is 0 Å². The van der Waals surface area contributed by atoms with Gasteiger partial charge in [-0.25, -0.2) is 4.39 Å². The number of aryl methyl sites for hydroxylation is 1. The molecule has 0 radical (unpaired) electrons. The molecule has 1 aliphatic heterocycles. The second-order valence-electron chi connectivity index (χ2n) is 5.58. The van der Waals surface area contributed by atoms with Gasteiger partial charge in [0.05, 0.1) is 0 Å². The van der Waals surface area contributed by atoms with Gasteiger partial charge in [0.25, 0.3) is 0 Å². The van der Waals surface area contributed by atoms with E-state index >= 15 is 0 Å². The van der Waals surface area contributed by atoms with E-state index in [0.717, 1.165) is 30.8 Å². The number of hydrogen-bond donors (Lipinski definition) is 1. The SMILES string of the molecule is Cc1ccc(F)cc1C(CN)N1CCN(C)C(C)C1. The van der Waals surface area contributed by atoms with Crippen LogP contribution in [0, 0.1) is 12.7 Å². The van der Waals surface area contributed by atoms with Crippen LogP contribution in [0.15, 0.2) is 18.2 Å². The van der Waals surface area contributed by atoms with Gasteiger partial charge in [-0.15, -0.1) is 0 Å². The molecule has 1 aromatic rings. The number of rotatable bonds is 3. The molecule has 1 aliphatic rings. The first-order valence-electron chi connectivity index (χ1n) is 6.93. The molecule has 2 N–H and O–H groups in total. The fourth-order valence-corrected chi connectivity index (χ4v) is 2.80. The number of nitrogens with zero attached hydrogens (tertiary/aromatic N) is 2. The normalized spacial score (nSPS) is 23.5. The highest BCUT2D eigenvalue weighted by atomic mass is 19.1. The van der Waals surface area contributed by atoms with E-state index in [9.17, 15) is 4.39 Å². The average molecular weight is 265 g/mol. The van der Waals surface area contributed by atoms with Crippen molar-refractivity contribution >= 4 is 0 Å². The Balaban J connectivity index is 2.22. The maximum atomic E-state index is 13.5. The second-order valence-corrected chi connectivity index (χ2v) is 5.58. The van der Waals surface area contributed by atoms with Crippen molar-refractivity contribution in [3.8, 4) is 0 Å². The summed E-state index contributed by atoms with van der Waals surface area (Å²) in [5.74, 6) is -0.179. The monoisotopic (exact) mass is 265 g/mol. The minimum Gasteiger partial charge on any atom is -0.329 e. The molecule has 106 valence electrons. The van der Waals surface area contributed by atoms with Crippen molar-refractivity contribution < 1.29 is 4.39 Å². The lowest BCUT2D eigenvalue weighted by molar-refractivity contribution is 0.0738. The number of nitrogens with two attached hydrogens (primary N) is 1. The molecular formula is C15H24FN3. The van der Waals surface area contributed by atoms with Gasteiger partial charge < -0.3 is 10.6 Å². The highest BCUT2D eigenvalue weighted by molar-refractivity contribution is 5.30. The van der Waals surface area contributed by atoms with Crippen molar-refractivity contribution in [1.82, 2.24) is 9.80 Å². The van der Waals surface area contributed by atoms with E-state index in [1.807, 2.05) is 13.0 Å². The number of hydrogen-bond acceptors (Lipinski definition) is 3. The smallest absolute Gasteiger partial charge is 0.123 e. The van der Waals surface area contributed by atoms with Gasteiger partial charge in [-0.05, 0) is 44.2 Å². The van der Waals surface area contributed by atoms with Crippen LogP contribution in [0.4, 0.5) is 4.39 Å². The zero-order chi connectivity index (χ0) is 14.0. The summed E-state index contributed by atoms with van der Waals surface area (Å²) in [6, 6.07) is 5.62. The predicted octanol–water partition coefficient (Wildman–Crippen LogP) is 1.77. The van der Waals surface area contributed by atoms with E-state index < -0.39 is 0 Å². The molecule has 0 aromatic heterocycles. The first-order chi connectivity index (χ1) is 9.02. The van der Waals surface area contributed by atoms with Crippen LogP contribution in [-0.4, -0.2) is 49.1 Å². The van der Waals surface area contributed by atoms with Gasteiger partial charge in [-0.3, -0.25) is 4.90 Å². The van der Waals surface area contributed by atoms with Gasteiger partial charge in [-0.2, -0.15) is 0 Å². The Kier molecular flexibility index (Phi) is 4.55. The standard InChI is InChI=1S/C15H24FN3/c1-11-4-5-13(16)8-14(11)15(9-17)19-7-6-18(3)12(2)10-19/h4-5,8,12,15H,6-7,9-10,17H2,1-3H3. The van der Waals surface area contributed by atoms with Gasteiger partial charge in [0.15, 0.2) is 0 Å². The van der Waals surface area contributed by atoms with Crippen molar-refractivity contribution in [2.24, 2.45) is 5.73 Å². The van der Waals surface area contributed by atoms with Gasteiger partial charge in [0, 0.05) is 38.3 Å². The zero-order valence-corrected chi connectivity index (χ0v) is 12.1. The highest BCUT2D eigenvalue weighted by Crippen LogP contribution is 2.26. The molecule has 1 heterocycles. The molecule has 3 nitrogen and oxygen atoms in total. The van der Waals surface area contributed by atoms with Crippen molar-refractivity contribution in [2.45, 2.75) is 25.9 Å². The van der Waals surface area contributed by atoms with E-state index in [1.165, 1.54) is 6.07 Å². The fraction of sp³-hybridized carbons (Fsp3) is 0.600. The molecular weight excluding hydrogens is 241 g/mol. The average Bonchev–Trinajstić information content (AvgIpc) is 2.38. The molecule has 4 heteroatoms. The maximum Gasteiger partial charge on any atom is 0.123 e. The summed E-state index contributed by atoms with van der Waals surface area (Å²) in [6.45, 7) is 7.77. The molecule has 2 atom stereocenters. The van der Waals surface area contributed by atoms with Crippen molar-refractivity contribution in [3.05, 3.63) is 35.1 Å². The van der Waals surface area contributed by atoms with Crippen LogP contribution in [0.1, 0.15) is 24.1 Å². The Morgan fingerprint density at radius 1 is 1.42 bits per heavy atom.